The van der Waals surface area contributed by atoms with Crippen molar-refractivity contribution in [3.05, 3.63) is 71.3 Å². The summed E-state index contributed by atoms with van der Waals surface area (Å²) >= 11 is 0. The number of Topliss-reactive ketones (excluding diaryl/α,β-unsaturated/α-hetero) is 4. The molecule has 2 aromatic rings. The minimum absolute atomic E-state index is 0.0140. The molecule has 0 radical (unpaired) electrons. The Hall–Kier alpha value is -3.60. The highest BCUT2D eigenvalue weighted by Crippen LogP contribution is 2.58. The molecule has 0 aliphatic heterocycles. The molecule has 0 aromatic heterocycles. The van der Waals surface area contributed by atoms with E-state index in [4.69, 9.17) is 4.74 Å². The average molecular weight is 773 g/mol. The van der Waals surface area contributed by atoms with Crippen LogP contribution < -0.4 is 4.74 Å². The molecule has 8 atom stereocenters. The minimum Gasteiger partial charge on any atom is -0.490 e. The van der Waals surface area contributed by atoms with Crippen LogP contribution in [-0.4, -0.2) is 29.2 Å². The Morgan fingerprint density at radius 1 is 0.982 bits per heavy atom. The number of aryl methyl sites for hydroxylation is 2. The first-order valence-electron chi connectivity index (χ1n) is 22.4. The zero-order valence-electron chi connectivity index (χ0n) is 36.2. The summed E-state index contributed by atoms with van der Waals surface area (Å²) in [6.07, 6.45) is 16.2. The summed E-state index contributed by atoms with van der Waals surface area (Å²) in [5.74, 6) is 1.97. The summed E-state index contributed by atoms with van der Waals surface area (Å²) in [6, 6.07) is 8.89. The van der Waals surface area contributed by atoms with Gasteiger partial charge in [-0.05, 0) is 146 Å². The van der Waals surface area contributed by atoms with Gasteiger partial charge < -0.3 is 4.74 Å². The summed E-state index contributed by atoms with van der Waals surface area (Å²) in [7, 11) is 0. The van der Waals surface area contributed by atoms with Crippen LogP contribution in [-0.2, 0) is 25.6 Å². The topological polar surface area (TPSA) is 77.5 Å². The molecule has 4 saturated carbocycles. The Bertz CT molecular complexity index is 1990. The molecule has 5 heteroatoms. The maximum Gasteiger partial charge on any atom is 0.140 e. The zero-order valence-corrected chi connectivity index (χ0v) is 36.2. The predicted molar refractivity (Wildman–Crippen MR) is 231 cm³/mol. The second-order valence-electron chi connectivity index (χ2n) is 20.6. The van der Waals surface area contributed by atoms with Gasteiger partial charge in [-0.15, -0.1) is 6.58 Å². The molecule has 4 fully saturated rings. The van der Waals surface area contributed by atoms with E-state index in [0.717, 1.165) is 67.1 Å². The fourth-order valence-electron chi connectivity index (χ4n) is 11.3. The van der Waals surface area contributed by atoms with E-state index in [1.165, 1.54) is 34.1 Å². The largest absolute Gasteiger partial charge is 0.490 e. The molecule has 5 aliphatic rings. The van der Waals surface area contributed by atoms with Crippen molar-refractivity contribution in [1.29, 1.82) is 0 Å². The Balaban J connectivity index is 1.20. The van der Waals surface area contributed by atoms with Crippen LogP contribution in [0.4, 0.5) is 0 Å². The SMILES string of the molecule is C=CC1CC1(CC(=O)C1CC(Oc2cc(C3=CCC(CC(C)C)=C3)cc3c(C)c(CCC)ccc23)CC1C(=O)C(CC(=O)CC1CC2CC2C1)C(C)(C)C)C(C)=O. The lowest BCUT2D eigenvalue weighted by Crippen LogP contribution is -2.38. The van der Waals surface area contributed by atoms with Crippen molar-refractivity contribution in [2.75, 3.05) is 0 Å². The van der Waals surface area contributed by atoms with E-state index in [-0.39, 0.29) is 48.0 Å². The van der Waals surface area contributed by atoms with Gasteiger partial charge in [-0.25, -0.2) is 0 Å². The van der Waals surface area contributed by atoms with Crippen molar-refractivity contribution in [3.63, 3.8) is 0 Å². The van der Waals surface area contributed by atoms with Crippen LogP contribution in [0.25, 0.3) is 16.3 Å². The molecule has 0 heterocycles. The predicted octanol–water partition coefficient (Wildman–Crippen LogP) is 12.0. The van der Waals surface area contributed by atoms with Gasteiger partial charge in [0.25, 0.3) is 0 Å². The van der Waals surface area contributed by atoms with Crippen molar-refractivity contribution in [2.45, 2.75) is 145 Å². The van der Waals surface area contributed by atoms with Gasteiger partial charge in [0.2, 0.25) is 0 Å². The van der Waals surface area contributed by atoms with Crippen molar-refractivity contribution in [3.8, 4) is 5.75 Å². The average Bonchev–Trinajstić information content (AvgIpc) is 3.81. The molecule has 0 saturated heterocycles. The zero-order chi connectivity index (χ0) is 41.0. The van der Waals surface area contributed by atoms with E-state index in [2.05, 4.69) is 91.5 Å². The number of fused-ring (bicyclic) bond motifs is 2. The van der Waals surface area contributed by atoms with Gasteiger partial charge in [0.1, 0.15) is 35.0 Å². The molecule has 0 amide bonds. The van der Waals surface area contributed by atoms with Gasteiger partial charge in [0, 0.05) is 47.8 Å². The number of benzene rings is 2. The van der Waals surface area contributed by atoms with Gasteiger partial charge in [-0.1, -0.05) is 83.9 Å². The van der Waals surface area contributed by atoms with E-state index in [9.17, 15) is 14.4 Å². The maximum atomic E-state index is 15.0. The highest BCUT2D eigenvalue weighted by molar-refractivity contribution is 5.98. The van der Waals surface area contributed by atoms with E-state index in [1.54, 1.807) is 13.0 Å². The fourth-order valence-corrected chi connectivity index (χ4v) is 11.3. The Kier molecular flexibility index (Phi) is 11.8. The van der Waals surface area contributed by atoms with Crippen molar-refractivity contribution in [2.24, 2.45) is 58.2 Å². The summed E-state index contributed by atoms with van der Waals surface area (Å²) in [6.45, 7) is 20.7. The number of allylic oxidation sites excluding steroid dienone is 5. The first-order valence-corrected chi connectivity index (χ1v) is 22.4. The molecular weight excluding hydrogens is 705 g/mol. The molecule has 306 valence electrons. The number of ether oxygens (including phenoxy) is 1. The van der Waals surface area contributed by atoms with E-state index in [0.29, 0.717) is 37.5 Å². The molecule has 7 rings (SSSR count). The summed E-state index contributed by atoms with van der Waals surface area (Å²) in [4.78, 5) is 56.2. The van der Waals surface area contributed by atoms with Crippen LogP contribution in [0.15, 0.2) is 54.6 Å². The lowest BCUT2D eigenvalue weighted by molar-refractivity contribution is -0.139. The number of ketones is 4. The van der Waals surface area contributed by atoms with Crippen LogP contribution in [0.1, 0.15) is 142 Å². The van der Waals surface area contributed by atoms with Gasteiger partial charge >= 0.3 is 0 Å². The maximum absolute atomic E-state index is 15.0. The first kappa shape index (κ1) is 41.6. The molecule has 8 unspecified atom stereocenters. The summed E-state index contributed by atoms with van der Waals surface area (Å²) in [5.41, 5.74) is 5.23. The van der Waals surface area contributed by atoms with Gasteiger partial charge in [0.05, 0.1) is 0 Å². The summed E-state index contributed by atoms with van der Waals surface area (Å²) < 4.78 is 7.08. The van der Waals surface area contributed by atoms with Gasteiger partial charge in [-0.3, -0.25) is 19.2 Å². The monoisotopic (exact) mass is 773 g/mol. The molecular formula is C52H68O5. The highest BCUT2D eigenvalue weighted by atomic mass is 16.5. The van der Waals surface area contributed by atoms with Gasteiger partial charge in [0.15, 0.2) is 0 Å². The van der Waals surface area contributed by atoms with E-state index >= 15 is 4.79 Å². The molecule has 5 nitrogen and oxygen atoms in total. The minimum atomic E-state index is -0.720. The Morgan fingerprint density at radius 2 is 1.70 bits per heavy atom. The molecule has 0 spiro atoms. The second kappa shape index (κ2) is 16.2. The fraction of sp³-hybridized carbons (Fsp3) is 0.615. The Morgan fingerprint density at radius 3 is 2.33 bits per heavy atom. The first-order chi connectivity index (χ1) is 27.0. The number of hydrogen-bond acceptors (Lipinski definition) is 5. The van der Waals surface area contributed by atoms with Crippen LogP contribution in [0.3, 0.4) is 0 Å². The molecule has 5 aliphatic carbocycles. The third-order valence-corrected chi connectivity index (χ3v) is 14.8. The standard InChI is InChI=1S/C52H68O5/c1-10-12-35-15-16-43-44(31(35)5)23-39(36-14-13-33(18-36)17-30(3)4)24-49(43)57-42-26-45(48(55)29-52(32(6)53)28-40(52)11-2)46(27-42)50(56)47(51(7,8)9)25-41(54)21-34-19-37-22-38(37)20-34/h11,14-16,18,23-24,30,34,37-38,40,42,45-47H,2,10,12-13,17,19-22,25-29H2,1,3-9H3. The smallest absolute Gasteiger partial charge is 0.140 e. The molecule has 0 N–H and O–H groups in total. The number of carbonyl (C=O) groups excluding carboxylic acids is 4. The number of carbonyl (C=O) groups is 4. The van der Waals surface area contributed by atoms with E-state index < -0.39 is 28.6 Å². The number of hydrogen-bond donors (Lipinski definition) is 0. The highest BCUT2D eigenvalue weighted by Gasteiger charge is 2.59. The normalized spacial score (nSPS) is 29.5. The molecule has 0 bridgehead atoms. The number of rotatable bonds is 18. The Labute approximate surface area is 342 Å². The molecule has 2 aromatic carbocycles. The van der Waals surface area contributed by atoms with Crippen LogP contribution in [0.5, 0.6) is 5.75 Å². The van der Waals surface area contributed by atoms with Crippen LogP contribution >= 0.6 is 0 Å². The van der Waals surface area contributed by atoms with E-state index in [1.807, 2.05) is 0 Å². The van der Waals surface area contributed by atoms with Crippen LogP contribution in [0, 0.1) is 65.1 Å². The quantitative estimate of drug-likeness (QED) is 0.141. The molecule has 57 heavy (non-hydrogen) atoms. The van der Waals surface area contributed by atoms with Crippen molar-refractivity contribution < 1.29 is 23.9 Å². The lowest BCUT2D eigenvalue weighted by Gasteiger charge is -2.33. The summed E-state index contributed by atoms with van der Waals surface area (Å²) in [5, 5.41) is 2.22. The lowest BCUT2D eigenvalue weighted by atomic mass is 9.69. The van der Waals surface area contributed by atoms with Crippen LogP contribution in [0.2, 0.25) is 0 Å². The third kappa shape index (κ3) is 8.74. The van der Waals surface area contributed by atoms with Crippen molar-refractivity contribution >= 4 is 39.5 Å². The third-order valence-electron chi connectivity index (χ3n) is 14.8. The van der Waals surface area contributed by atoms with Crippen molar-refractivity contribution in [1.82, 2.24) is 0 Å². The second-order valence-corrected chi connectivity index (χ2v) is 20.6. The van der Waals surface area contributed by atoms with Gasteiger partial charge in [-0.2, -0.15) is 0 Å².